The molecule has 1 aliphatic rings. The highest BCUT2D eigenvalue weighted by Gasteiger charge is 2.32. The molecular formula is C40H37ClN2O2. The van der Waals surface area contributed by atoms with E-state index in [1.54, 1.807) is 0 Å². The smallest absolute Gasteiger partial charge is 0.228 e. The summed E-state index contributed by atoms with van der Waals surface area (Å²) < 4.78 is 0. The highest BCUT2D eigenvalue weighted by Crippen LogP contribution is 2.35. The third-order valence-corrected chi connectivity index (χ3v) is 9.06. The van der Waals surface area contributed by atoms with Crippen molar-refractivity contribution in [1.82, 2.24) is 5.32 Å². The molecule has 1 fully saturated rings. The van der Waals surface area contributed by atoms with Gasteiger partial charge in [0.2, 0.25) is 5.91 Å². The number of piperidine rings is 1. The molecule has 0 bridgehead atoms. The van der Waals surface area contributed by atoms with Crippen molar-refractivity contribution in [2.45, 2.75) is 31.7 Å². The van der Waals surface area contributed by atoms with E-state index < -0.39 is 0 Å². The van der Waals surface area contributed by atoms with Crippen LogP contribution >= 0.6 is 11.6 Å². The Bertz CT molecular complexity index is 1710. The van der Waals surface area contributed by atoms with E-state index in [-0.39, 0.29) is 23.5 Å². The Hall–Kier alpha value is -4.67. The third-order valence-electron chi connectivity index (χ3n) is 8.81. The standard InChI is InChI=1S/C40H37ClN2O2/c41-34-19-17-31(18-20-34)36-13-7-8-14-37(36)38(44)27-29-15-21-35(22-16-29)43-25-23-33(24-26-43)39(32-11-5-2-6-12-32)40(45)42-28-30-9-3-1-4-10-30/h1-22,33,39H,23-28H2,(H,42,45). The van der Waals surface area contributed by atoms with Crippen LogP contribution in [0.5, 0.6) is 0 Å². The van der Waals surface area contributed by atoms with Gasteiger partial charge in [-0.1, -0.05) is 121 Å². The predicted octanol–water partition coefficient (Wildman–Crippen LogP) is 8.75. The summed E-state index contributed by atoms with van der Waals surface area (Å²) in [5.41, 5.74) is 6.93. The highest BCUT2D eigenvalue weighted by atomic mass is 35.5. The second kappa shape index (κ2) is 14.4. The Morgan fingerprint density at radius 3 is 2.02 bits per heavy atom. The van der Waals surface area contributed by atoms with E-state index in [9.17, 15) is 9.59 Å². The number of carbonyl (C=O) groups excluding carboxylic acids is 2. The molecule has 0 radical (unpaired) electrons. The number of rotatable bonds is 10. The lowest BCUT2D eigenvalue weighted by Crippen LogP contribution is -2.40. The van der Waals surface area contributed by atoms with Crippen molar-refractivity contribution in [3.8, 4) is 11.1 Å². The molecule has 0 aliphatic carbocycles. The molecule has 1 saturated heterocycles. The first kappa shape index (κ1) is 30.4. The van der Waals surface area contributed by atoms with Crippen LogP contribution in [-0.2, 0) is 17.8 Å². The molecule has 45 heavy (non-hydrogen) atoms. The number of anilines is 1. The molecule has 1 aliphatic heterocycles. The maximum atomic E-state index is 13.6. The first-order chi connectivity index (χ1) is 22.0. The lowest BCUT2D eigenvalue weighted by molar-refractivity contribution is -0.124. The number of halogens is 1. The van der Waals surface area contributed by atoms with E-state index in [1.165, 1.54) is 0 Å². The van der Waals surface area contributed by atoms with Crippen LogP contribution in [0.3, 0.4) is 0 Å². The fraction of sp³-hybridized carbons (Fsp3) is 0.200. The zero-order valence-corrected chi connectivity index (χ0v) is 26.0. The Balaban J connectivity index is 1.09. The Morgan fingerprint density at radius 2 is 1.33 bits per heavy atom. The van der Waals surface area contributed by atoms with E-state index in [0.29, 0.717) is 23.6 Å². The monoisotopic (exact) mass is 612 g/mol. The van der Waals surface area contributed by atoms with Crippen molar-refractivity contribution < 1.29 is 9.59 Å². The molecule has 0 saturated carbocycles. The number of amides is 1. The fourth-order valence-corrected chi connectivity index (χ4v) is 6.52. The van der Waals surface area contributed by atoms with Crippen molar-refractivity contribution in [3.05, 3.63) is 161 Å². The maximum absolute atomic E-state index is 13.6. The first-order valence-electron chi connectivity index (χ1n) is 15.6. The summed E-state index contributed by atoms with van der Waals surface area (Å²) >= 11 is 6.08. The van der Waals surface area contributed by atoms with Gasteiger partial charge < -0.3 is 10.2 Å². The van der Waals surface area contributed by atoms with E-state index in [0.717, 1.165) is 59.4 Å². The van der Waals surface area contributed by atoms with Crippen molar-refractivity contribution in [1.29, 1.82) is 0 Å². The summed E-state index contributed by atoms with van der Waals surface area (Å²) in [4.78, 5) is 29.3. The molecule has 0 spiro atoms. The first-order valence-corrected chi connectivity index (χ1v) is 16.0. The van der Waals surface area contributed by atoms with E-state index >= 15 is 0 Å². The fourth-order valence-electron chi connectivity index (χ4n) is 6.40. The number of nitrogens with zero attached hydrogens (tertiary/aromatic N) is 1. The number of carbonyl (C=O) groups is 2. The van der Waals surface area contributed by atoms with Crippen LogP contribution in [0.4, 0.5) is 5.69 Å². The molecule has 4 nitrogen and oxygen atoms in total. The molecule has 1 N–H and O–H groups in total. The van der Waals surface area contributed by atoms with Gasteiger partial charge in [-0.25, -0.2) is 0 Å². The van der Waals surface area contributed by atoms with Crippen LogP contribution in [0.2, 0.25) is 5.02 Å². The number of hydrogen-bond donors (Lipinski definition) is 1. The van der Waals surface area contributed by atoms with Gasteiger partial charge in [-0.15, -0.1) is 0 Å². The largest absolute Gasteiger partial charge is 0.372 e. The molecule has 1 heterocycles. The molecule has 1 unspecified atom stereocenters. The number of ketones is 1. The maximum Gasteiger partial charge on any atom is 0.228 e. The second-order valence-corrected chi connectivity index (χ2v) is 12.2. The molecular weight excluding hydrogens is 576 g/mol. The van der Waals surface area contributed by atoms with Gasteiger partial charge >= 0.3 is 0 Å². The van der Waals surface area contributed by atoms with Gasteiger partial charge in [-0.3, -0.25) is 9.59 Å². The lowest BCUT2D eigenvalue weighted by Gasteiger charge is -2.37. The van der Waals surface area contributed by atoms with Gasteiger partial charge in [-0.2, -0.15) is 0 Å². The van der Waals surface area contributed by atoms with Gasteiger partial charge in [0.25, 0.3) is 0 Å². The molecule has 5 aromatic rings. The normalized spacial score (nSPS) is 14.1. The molecule has 226 valence electrons. The Kier molecular flexibility index (Phi) is 9.72. The summed E-state index contributed by atoms with van der Waals surface area (Å²) in [5.74, 6) is 0.264. The minimum Gasteiger partial charge on any atom is -0.372 e. The predicted molar refractivity (Wildman–Crippen MR) is 184 cm³/mol. The lowest BCUT2D eigenvalue weighted by atomic mass is 9.79. The summed E-state index contributed by atoms with van der Waals surface area (Å²) in [6.45, 7) is 2.29. The van der Waals surface area contributed by atoms with Gasteiger partial charge in [-0.05, 0) is 70.8 Å². The molecule has 1 atom stereocenters. The summed E-state index contributed by atoms with van der Waals surface area (Å²) in [6, 6.07) is 44.0. The van der Waals surface area contributed by atoms with Crippen LogP contribution in [0.25, 0.3) is 11.1 Å². The van der Waals surface area contributed by atoms with Gasteiger partial charge in [0, 0.05) is 42.3 Å². The number of nitrogens with one attached hydrogen (secondary N) is 1. The van der Waals surface area contributed by atoms with Gasteiger partial charge in [0.15, 0.2) is 5.78 Å². The molecule has 5 heteroatoms. The number of benzene rings is 5. The van der Waals surface area contributed by atoms with Crippen LogP contribution in [-0.4, -0.2) is 24.8 Å². The van der Waals surface area contributed by atoms with Crippen molar-refractivity contribution in [2.75, 3.05) is 18.0 Å². The van der Waals surface area contributed by atoms with Crippen molar-refractivity contribution >= 4 is 29.0 Å². The van der Waals surface area contributed by atoms with Crippen molar-refractivity contribution in [2.24, 2.45) is 5.92 Å². The third kappa shape index (κ3) is 7.53. The number of hydrogen-bond acceptors (Lipinski definition) is 3. The molecule has 5 aromatic carbocycles. The highest BCUT2D eigenvalue weighted by molar-refractivity contribution is 6.30. The Morgan fingerprint density at radius 1 is 0.711 bits per heavy atom. The molecule has 0 aromatic heterocycles. The molecule has 6 rings (SSSR count). The quantitative estimate of drug-likeness (QED) is 0.160. The van der Waals surface area contributed by atoms with Crippen LogP contribution in [0.15, 0.2) is 133 Å². The summed E-state index contributed by atoms with van der Waals surface area (Å²) in [7, 11) is 0. The van der Waals surface area contributed by atoms with E-state index in [2.05, 4.69) is 46.6 Å². The average molecular weight is 613 g/mol. The molecule has 1 amide bonds. The van der Waals surface area contributed by atoms with E-state index in [1.807, 2.05) is 97.1 Å². The summed E-state index contributed by atoms with van der Waals surface area (Å²) in [5, 5.41) is 3.87. The van der Waals surface area contributed by atoms with Crippen molar-refractivity contribution in [3.63, 3.8) is 0 Å². The zero-order valence-electron chi connectivity index (χ0n) is 25.2. The topological polar surface area (TPSA) is 49.4 Å². The second-order valence-electron chi connectivity index (χ2n) is 11.7. The average Bonchev–Trinajstić information content (AvgIpc) is 3.09. The van der Waals surface area contributed by atoms with Gasteiger partial charge in [0.05, 0.1) is 5.92 Å². The van der Waals surface area contributed by atoms with Crippen LogP contribution in [0.1, 0.15) is 45.8 Å². The van der Waals surface area contributed by atoms with Crippen LogP contribution < -0.4 is 10.2 Å². The summed E-state index contributed by atoms with van der Waals surface area (Å²) in [6.07, 6.45) is 2.20. The minimum absolute atomic E-state index is 0.0895. The Labute approximate surface area is 270 Å². The SMILES string of the molecule is O=C(Cc1ccc(N2CCC(C(C(=O)NCc3ccccc3)c3ccccc3)CC2)cc1)c1ccccc1-c1ccc(Cl)cc1. The minimum atomic E-state index is -0.179. The van der Waals surface area contributed by atoms with Gasteiger partial charge in [0.1, 0.15) is 0 Å². The van der Waals surface area contributed by atoms with Crippen LogP contribution in [0, 0.1) is 5.92 Å². The number of Topliss-reactive ketones (excluding diaryl/α,β-unsaturated/α-hetero) is 1. The zero-order chi connectivity index (χ0) is 31.0. The van der Waals surface area contributed by atoms with E-state index in [4.69, 9.17) is 11.6 Å².